The van der Waals surface area contributed by atoms with Crippen molar-refractivity contribution in [1.29, 1.82) is 0 Å². The van der Waals surface area contributed by atoms with Crippen molar-refractivity contribution in [2.75, 3.05) is 32.9 Å². The van der Waals surface area contributed by atoms with Crippen LogP contribution < -0.4 is 4.74 Å². The summed E-state index contributed by atoms with van der Waals surface area (Å²) in [5, 5.41) is 0. The molecule has 0 aliphatic carbocycles. The van der Waals surface area contributed by atoms with Gasteiger partial charge in [0, 0.05) is 18.7 Å². The lowest BCUT2D eigenvalue weighted by molar-refractivity contribution is -0.138. The summed E-state index contributed by atoms with van der Waals surface area (Å²) in [6.07, 6.45) is 0.895. The molecule has 0 bridgehead atoms. The second kappa shape index (κ2) is 9.31. The topological polar surface area (TPSA) is 59.1 Å². The molecule has 0 aromatic heterocycles. The number of halogens is 1. The number of hydrogen-bond donors (Lipinski definition) is 0. The average molecular weight is 424 g/mol. The Bertz CT molecular complexity index is 997. The molecule has 7 heteroatoms. The zero-order valence-electron chi connectivity index (χ0n) is 17.5. The van der Waals surface area contributed by atoms with Crippen LogP contribution in [0.4, 0.5) is 4.39 Å². The van der Waals surface area contributed by atoms with E-state index in [-0.39, 0.29) is 6.54 Å². The molecule has 1 fully saturated rings. The normalized spacial score (nSPS) is 17.0. The van der Waals surface area contributed by atoms with Gasteiger partial charge in [0.1, 0.15) is 17.3 Å². The lowest BCUT2D eigenvalue weighted by Crippen LogP contribution is -2.40. The minimum atomic E-state index is -0.443. The van der Waals surface area contributed by atoms with E-state index < -0.39 is 17.6 Å². The molecule has 2 heterocycles. The van der Waals surface area contributed by atoms with Crippen molar-refractivity contribution in [3.63, 3.8) is 0 Å². The first-order chi connectivity index (χ1) is 15.1. The Kier molecular flexibility index (Phi) is 6.32. The van der Waals surface area contributed by atoms with E-state index in [2.05, 4.69) is 0 Å². The molecule has 6 nitrogen and oxygen atoms in total. The average Bonchev–Trinajstić information content (AvgIpc) is 3.05. The molecule has 0 atom stereocenters. The molecule has 0 radical (unpaired) electrons. The molecule has 1 saturated heterocycles. The summed E-state index contributed by atoms with van der Waals surface area (Å²) < 4.78 is 25.3. The van der Waals surface area contributed by atoms with Crippen LogP contribution in [0.15, 0.2) is 54.2 Å². The van der Waals surface area contributed by atoms with Crippen LogP contribution in [0.25, 0.3) is 5.57 Å². The molecule has 2 aliphatic heterocycles. The third-order valence-electron chi connectivity index (χ3n) is 5.37. The van der Waals surface area contributed by atoms with Crippen LogP contribution in [0.1, 0.15) is 24.5 Å². The van der Waals surface area contributed by atoms with Crippen LogP contribution in [-0.4, -0.2) is 54.5 Å². The van der Waals surface area contributed by atoms with E-state index in [0.717, 1.165) is 11.3 Å². The van der Waals surface area contributed by atoms with Crippen molar-refractivity contribution in [3.05, 3.63) is 71.2 Å². The number of nitrogens with zero attached hydrogens (tertiary/aromatic N) is 2. The highest BCUT2D eigenvalue weighted by Crippen LogP contribution is 2.34. The standard InChI is InChI=1S/C24H25FN2O4/c1-2-13-31-19-9-7-17(8-10-19)21-22(26-11-14-30-15-12-26)24(29)27(23(21)28)16-18-5-3-4-6-20(18)25/h3-10H,2,11-16H2,1H3. The molecule has 2 amide bonds. The molecule has 162 valence electrons. The van der Waals surface area contributed by atoms with Crippen molar-refractivity contribution < 1.29 is 23.5 Å². The molecular weight excluding hydrogens is 399 g/mol. The van der Waals surface area contributed by atoms with Gasteiger partial charge in [-0.3, -0.25) is 14.5 Å². The molecule has 2 aromatic rings. The van der Waals surface area contributed by atoms with E-state index in [0.29, 0.717) is 61.1 Å². The molecule has 0 unspecified atom stereocenters. The van der Waals surface area contributed by atoms with Gasteiger partial charge in [0.25, 0.3) is 11.8 Å². The van der Waals surface area contributed by atoms with Gasteiger partial charge in [-0.25, -0.2) is 4.39 Å². The number of hydrogen-bond acceptors (Lipinski definition) is 5. The molecule has 4 rings (SSSR count). The molecular formula is C24H25FN2O4. The fraction of sp³-hybridized carbons (Fsp3) is 0.333. The minimum absolute atomic E-state index is 0.112. The summed E-state index contributed by atoms with van der Waals surface area (Å²) in [4.78, 5) is 29.7. The Hall–Kier alpha value is -3.19. The van der Waals surface area contributed by atoms with Gasteiger partial charge < -0.3 is 14.4 Å². The molecule has 0 saturated carbocycles. The molecule has 2 aliphatic rings. The number of rotatable bonds is 7. The number of carbonyl (C=O) groups is 2. The predicted molar refractivity (Wildman–Crippen MR) is 113 cm³/mol. The number of amides is 2. The molecule has 0 spiro atoms. The van der Waals surface area contributed by atoms with Crippen molar-refractivity contribution >= 4 is 17.4 Å². The van der Waals surface area contributed by atoms with E-state index in [1.807, 2.05) is 11.8 Å². The Morgan fingerprint density at radius 2 is 1.71 bits per heavy atom. The first-order valence-electron chi connectivity index (χ1n) is 10.5. The Morgan fingerprint density at radius 3 is 2.39 bits per heavy atom. The third kappa shape index (κ3) is 4.32. The lowest BCUT2D eigenvalue weighted by atomic mass is 10.0. The summed E-state index contributed by atoms with van der Waals surface area (Å²) in [5.41, 5.74) is 1.63. The number of imide groups is 1. The van der Waals surface area contributed by atoms with Crippen LogP contribution in [0.2, 0.25) is 0 Å². The zero-order chi connectivity index (χ0) is 21.8. The molecule has 0 N–H and O–H groups in total. The maximum atomic E-state index is 14.2. The Labute approximate surface area is 180 Å². The zero-order valence-corrected chi connectivity index (χ0v) is 17.5. The van der Waals surface area contributed by atoms with Gasteiger partial charge in [0.15, 0.2) is 0 Å². The number of carbonyl (C=O) groups excluding carboxylic acids is 2. The van der Waals surface area contributed by atoms with E-state index in [1.54, 1.807) is 42.5 Å². The van der Waals surface area contributed by atoms with E-state index >= 15 is 0 Å². The van der Waals surface area contributed by atoms with Gasteiger partial charge in [0.2, 0.25) is 0 Å². The van der Waals surface area contributed by atoms with Crippen LogP contribution >= 0.6 is 0 Å². The monoisotopic (exact) mass is 424 g/mol. The number of benzene rings is 2. The first-order valence-corrected chi connectivity index (χ1v) is 10.5. The van der Waals surface area contributed by atoms with Crippen LogP contribution in [0.3, 0.4) is 0 Å². The fourth-order valence-corrected chi connectivity index (χ4v) is 3.78. The SMILES string of the molecule is CCCOc1ccc(C2=C(N3CCOCC3)C(=O)N(Cc3ccccc3F)C2=O)cc1. The maximum absolute atomic E-state index is 14.2. The van der Waals surface area contributed by atoms with Gasteiger partial charge >= 0.3 is 0 Å². The van der Waals surface area contributed by atoms with Gasteiger partial charge in [-0.05, 0) is 30.2 Å². The van der Waals surface area contributed by atoms with Crippen LogP contribution in [0.5, 0.6) is 5.75 Å². The van der Waals surface area contributed by atoms with Gasteiger partial charge in [-0.1, -0.05) is 37.3 Å². The highest BCUT2D eigenvalue weighted by molar-refractivity contribution is 6.35. The first kappa shape index (κ1) is 21.1. The lowest BCUT2D eigenvalue weighted by Gasteiger charge is -2.29. The van der Waals surface area contributed by atoms with Crippen LogP contribution in [-0.2, 0) is 20.9 Å². The largest absolute Gasteiger partial charge is 0.494 e. The number of morpholine rings is 1. The highest BCUT2D eigenvalue weighted by Gasteiger charge is 2.42. The Balaban J connectivity index is 1.69. The molecule has 31 heavy (non-hydrogen) atoms. The minimum Gasteiger partial charge on any atom is -0.494 e. The summed E-state index contributed by atoms with van der Waals surface area (Å²) in [6, 6.07) is 13.4. The van der Waals surface area contributed by atoms with Crippen molar-refractivity contribution in [2.45, 2.75) is 19.9 Å². The smallest absolute Gasteiger partial charge is 0.278 e. The van der Waals surface area contributed by atoms with Crippen LogP contribution in [0, 0.1) is 5.82 Å². The van der Waals surface area contributed by atoms with Crippen molar-refractivity contribution in [2.24, 2.45) is 0 Å². The summed E-state index contributed by atoms with van der Waals surface area (Å²) in [7, 11) is 0. The molecule has 2 aromatic carbocycles. The van der Waals surface area contributed by atoms with Gasteiger partial charge in [0.05, 0.1) is 31.9 Å². The quantitative estimate of drug-likeness (QED) is 0.639. The second-order valence-electron chi connectivity index (χ2n) is 7.48. The highest BCUT2D eigenvalue weighted by atomic mass is 19.1. The summed E-state index contributed by atoms with van der Waals surface area (Å²) in [6.45, 7) is 4.52. The summed E-state index contributed by atoms with van der Waals surface area (Å²) in [5.74, 6) is -0.561. The van der Waals surface area contributed by atoms with Crippen molar-refractivity contribution in [1.82, 2.24) is 9.80 Å². The van der Waals surface area contributed by atoms with Crippen molar-refractivity contribution in [3.8, 4) is 5.75 Å². The van der Waals surface area contributed by atoms with E-state index in [4.69, 9.17) is 9.47 Å². The second-order valence-corrected chi connectivity index (χ2v) is 7.48. The van der Waals surface area contributed by atoms with Gasteiger partial charge in [-0.2, -0.15) is 0 Å². The van der Waals surface area contributed by atoms with Gasteiger partial charge in [-0.15, -0.1) is 0 Å². The third-order valence-corrected chi connectivity index (χ3v) is 5.37. The van der Waals surface area contributed by atoms with E-state index in [9.17, 15) is 14.0 Å². The summed E-state index contributed by atoms with van der Waals surface area (Å²) >= 11 is 0. The number of ether oxygens (including phenoxy) is 2. The predicted octanol–water partition coefficient (Wildman–Crippen LogP) is 3.23. The Morgan fingerprint density at radius 1 is 1.00 bits per heavy atom. The maximum Gasteiger partial charge on any atom is 0.278 e. The fourth-order valence-electron chi connectivity index (χ4n) is 3.78. The van der Waals surface area contributed by atoms with E-state index in [1.165, 1.54) is 6.07 Å².